The molecule has 1 aliphatic rings. The van der Waals surface area contributed by atoms with Crippen LogP contribution in [0, 0.1) is 11.3 Å². The van der Waals surface area contributed by atoms with Crippen molar-refractivity contribution >= 4 is 0 Å². The number of hydrogen-bond donors (Lipinski definition) is 1. The van der Waals surface area contributed by atoms with Crippen LogP contribution in [-0.4, -0.2) is 50.8 Å². The lowest BCUT2D eigenvalue weighted by Gasteiger charge is -2.34. The Labute approximate surface area is 118 Å². The molecule has 3 nitrogen and oxygen atoms in total. The lowest BCUT2D eigenvalue weighted by atomic mass is 9.86. The van der Waals surface area contributed by atoms with Crippen molar-refractivity contribution in [2.75, 3.05) is 45.9 Å². The van der Waals surface area contributed by atoms with Crippen LogP contribution in [0.5, 0.6) is 0 Å². The predicted octanol–water partition coefficient (Wildman–Crippen LogP) is 2.31. The van der Waals surface area contributed by atoms with Gasteiger partial charge in [-0.15, -0.1) is 13.2 Å². The summed E-state index contributed by atoms with van der Waals surface area (Å²) in [6.45, 7) is 18.9. The summed E-state index contributed by atoms with van der Waals surface area (Å²) < 4.78 is 5.66. The fourth-order valence-electron chi connectivity index (χ4n) is 2.64. The first-order valence-electron chi connectivity index (χ1n) is 7.34. The van der Waals surface area contributed by atoms with Gasteiger partial charge in [0.15, 0.2) is 0 Å². The molecule has 0 saturated carbocycles. The molecule has 0 bridgehead atoms. The van der Waals surface area contributed by atoms with Gasteiger partial charge in [0.2, 0.25) is 0 Å². The molecular formula is C16H30N2O. The molecule has 110 valence electrons. The van der Waals surface area contributed by atoms with E-state index in [0.29, 0.717) is 5.92 Å². The molecule has 1 saturated heterocycles. The largest absolute Gasteiger partial charge is 0.381 e. The quantitative estimate of drug-likeness (QED) is 0.614. The third-order valence-corrected chi connectivity index (χ3v) is 3.57. The van der Waals surface area contributed by atoms with Crippen LogP contribution < -0.4 is 5.32 Å². The van der Waals surface area contributed by atoms with E-state index in [9.17, 15) is 0 Å². The zero-order valence-corrected chi connectivity index (χ0v) is 12.7. The van der Waals surface area contributed by atoms with E-state index in [2.05, 4.69) is 37.2 Å². The minimum absolute atomic E-state index is 0.251. The van der Waals surface area contributed by atoms with E-state index in [4.69, 9.17) is 4.74 Å². The Bertz CT molecular complexity index is 260. The third kappa shape index (κ3) is 5.89. The monoisotopic (exact) mass is 266 g/mol. The van der Waals surface area contributed by atoms with E-state index in [1.807, 2.05) is 12.2 Å². The highest BCUT2D eigenvalue weighted by atomic mass is 16.5. The first-order valence-corrected chi connectivity index (χ1v) is 7.34. The van der Waals surface area contributed by atoms with Crippen LogP contribution in [0.2, 0.25) is 0 Å². The summed E-state index contributed by atoms with van der Waals surface area (Å²) in [5, 5.41) is 3.60. The molecule has 1 atom stereocenters. The average Bonchev–Trinajstić information content (AvgIpc) is 2.78. The van der Waals surface area contributed by atoms with Crippen molar-refractivity contribution in [3.05, 3.63) is 25.3 Å². The van der Waals surface area contributed by atoms with Crippen LogP contribution in [-0.2, 0) is 4.74 Å². The van der Waals surface area contributed by atoms with E-state index in [-0.39, 0.29) is 5.41 Å². The Morgan fingerprint density at radius 2 is 2.00 bits per heavy atom. The molecule has 0 aromatic heterocycles. The molecule has 19 heavy (non-hydrogen) atoms. The number of rotatable bonds is 10. The van der Waals surface area contributed by atoms with Crippen LogP contribution in [0.3, 0.4) is 0 Å². The van der Waals surface area contributed by atoms with Crippen molar-refractivity contribution in [1.82, 2.24) is 10.2 Å². The molecule has 0 aromatic carbocycles. The molecule has 1 fully saturated rings. The van der Waals surface area contributed by atoms with E-state index in [0.717, 1.165) is 52.4 Å². The van der Waals surface area contributed by atoms with E-state index >= 15 is 0 Å². The van der Waals surface area contributed by atoms with Crippen molar-refractivity contribution in [3.8, 4) is 0 Å². The van der Waals surface area contributed by atoms with Gasteiger partial charge >= 0.3 is 0 Å². The predicted molar refractivity (Wildman–Crippen MR) is 82.4 cm³/mol. The van der Waals surface area contributed by atoms with Gasteiger partial charge in [-0.2, -0.15) is 0 Å². The van der Waals surface area contributed by atoms with Gasteiger partial charge < -0.3 is 10.1 Å². The van der Waals surface area contributed by atoms with Gasteiger partial charge in [0, 0.05) is 38.2 Å². The van der Waals surface area contributed by atoms with Gasteiger partial charge in [-0.25, -0.2) is 0 Å². The second-order valence-corrected chi connectivity index (χ2v) is 6.10. The Balaban J connectivity index is 2.53. The molecule has 1 heterocycles. The van der Waals surface area contributed by atoms with Crippen molar-refractivity contribution in [1.29, 1.82) is 0 Å². The van der Waals surface area contributed by atoms with Crippen molar-refractivity contribution < 1.29 is 4.74 Å². The van der Waals surface area contributed by atoms with Crippen molar-refractivity contribution in [3.63, 3.8) is 0 Å². The van der Waals surface area contributed by atoms with Crippen molar-refractivity contribution in [2.24, 2.45) is 11.3 Å². The van der Waals surface area contributed by atoms with Gasteiger partial charge in [0.25, 0.3) is 0 Å². The zero-order chi connectivity index (χ0) is 14.1. The fourth-order valence-corrected chi connectivity index (χ4v) is 2.64. The number of hydrogen-bond acceptors (Lipinski definition) is 3. The summed E-state index contributed by atoms with van der Waals surface area (Å²) in [7, 11) is 0. The second kappa shape index (κ2) is 8.51. The minimum Gasteiger partial charge on any atom is -0.381 e. The lowest BCUT2D eigenvalue weighted by Crippen LogP contribution is -2.45. The summed E-state index contributed by atoms with van der Waals surface area (Å²) in [4.78, 5) is 2.39. The zero-order valence-electron chi connectivity index (χ0n) is 12.7. The number of ether oxygens (including phenoxy) is 1. The van der Waals surface area contributed by atoms with Gasteiger partial charge in [0.1, 0.15) is 0 Å². The molecule has 0 radical (unpaired) electrons. The van der Waals surface area contributed by atoms with Gasteiger partial charge in [-0.1, -0.05) is 26.0 Å². The molecule has 1 rings (SSSR count). The maximum atomic E-state index is 5.66. The first kappa shape index (κ1) is 16.4. The highest BCUT2D eigenvalue weighted by Gasteiger charge is 2.35. The lowest BCUT2D eigenvalue weighted by molar-refractivity contribution is 0.117. The fraction of sp³-hybridized carbons (Fsp3) is 0.750. The van der Waals surface area contributed by atoms with Gasteiger partial charge in [-0.3, -0.25) is 4.90 Å². The van der Waals surface area contributed by atoms with Crippen LogP contribution in [0.25, 0.3) is 0 Å². The summed E-state index contributed by atoms with van der Waals surface area (Å²) in [6.07, 6.45) is 5.08. The first-order chi connectivity index (χ1) is 9.12. The van der Waals surface area contributed by atoms with Crippen LogP contribution in [0.15, 0.2) is 25.3 Å². The molecule has 0 aliphatic carbocycles. The number of nitrogens with one attached hydrogen (secondary N) is 1. The third-order valence-electron chi connectivity index (χ3n) is 3.57. The van der Waals surface area contributed by atoms with E-state index < -0.39 is 0 Å². The maximum Gasteiger partial charge on any atom is 0.0547 e. The summed E-state index contributed by atoms with van der Waals surface area (Å²) in [5.41, 5.74) is 0.251. The summed E-state index contributed by atoms with van der Waals surface area (Å²) in [5.74, 6) is 0.692. The van der Waals surface area contributed by atoms with Crippen LogP contribution >= 0.6 is 0 Å². The molecular weight excluding hydrogens is 236 g/mol. The Kier molecular flexibility index (Phi) is 7.36. The molecule has 0 spiro atoms. The topological polar surface area (TPSA) is 24.5 Å². The van der Waals surface area contributed by atoms with E-state index in [1.54, 1.807) is 0 Å². The van der Waals surface area contributed by atoms with Gasteiger partial charge in [0.05, 0.1) is 6.61 Å². The highest BCUT2D eigenvalue weighted by molar-refractivity contribution is 4.91. The Morgan fingerprint density at radius 1 is 1.32 bits per heavy atom. The maximum absolute atomic E-state index is 5.66. The Morgan fingerprint density at radius 3 is 2.47 bits per heavy atom. The van der Waals surface area contributed by atoms with Crippen LogP contribution in [0.4, 0.5) is 0 Å². The average molecular weight is 266 g/mol. The molecule has 3 heteroatoms. The van der Waals surface area contributed by atoms with E-state index in [1.165, 1.54) is 0 Å². The molecule has 1 N–H and O–H groups in total. The highest BCUT2D eigenvalue weighted by Crippen LogP contribution is 2.29. The van der Waals surface area contributed by atoms with Crippen LogP contribution in [0.1, 0.15) is 20.3 Å². The SMILES string of the molecule is C=CCN(CC=C)CC1(CNCC(C)C)CCOC1. The molecule has 1 unspecified atom stereocenters. The summed E-state index contributed by atoms with van der Waals surface area (Å²) in [6, 6.07) is 0. The number of nitrogens with zero attached hydrogens (tertiary/aromatic N) is 1. The molecule has 0 amide bonds. The van der Waals surface area contributed by atoms with Crippen molar-refractivity contribution in [2.45, 2.75) is 20.3 Å². The second-order valence-electron chi connectivity index (χ2n) is 6.10. The molecule has 1 aliphatic heterocycles. The smallest absolute Gasteiger partial charge is 0.0547 e. The molecule has 0 aromatic rings. The Hall–Kier alpha value is -0.640. The van der Waals surface area contributed by atoms with Gasteiger partial charge in [-0.05, 0) is 18.9 Å². The summed E-state index contributed by atoms with van der Waals surface area (Å²) >= 11 is 0. The normalized spacial score (nSPS) is 23.2. The minimum atomic E-state index is 0.251. The standard InChI is InChI=1S/C16H30N2O/c1-5-8-18(9-6-2)13-16(7-10-19-14-16)12-17-11-15(3)4/h5-6,15,17H,1-2,7-14H2,3-4H3.